The molecular formula is C15H19N5O. The summed E-state index contributed by atoms with van der Waals surface area (Å²) in [5.74, 6) is 0.337. The van der Waals surface area contributed by atoms with E-state index in [4.69, 9.17) is 5.73 Å². The number of hydrogen-bond donors (Lipinski definition) is 3. The van der Waals surface area contributed by atoms with E-state index in [-0.39, 0.29) is 11.9 Å². The Morgan fingerprint density at radius 3 is 2.62 bits per heavy atom. The average Bonchev–Trinajstić information content (AvgIpc) is 2.48. The fraction of sp³-hybridized carbons (Fsp3) is 0.267. The van der Waals surface area contributed by atoms with Gasteiger partial charge in [0.1, 0.15) is 0 Å². The zero-order valence-electron chi connectivity index (χ0n) is 12.1. The number of rotatable bonds is 5. The van der Waals surface area contributed by atoms with Crippen molar-refractivity contribution >= 4 is 17.4 Å². The Hall–Kier alpha value is -2.47. The van der Waals surface area contributed by atoms with Crippen molar-refractivity contribution in [3.05, 3.63) is 47.7 Å². The van der Waals surface area contributed by atoms with E-state index in [1.54, 1.807) is 12.1 Å². The number of anilines is 2. The Kier molecular flexibility index (Phi) is 4.84. The number of nitrogens with two attached hydrogens (primary N) is 1. The van der Waals surface area contributed by atoms with Crippen molar-refractivity contribution in [1.29, 1.82) is 0 Å². The predicted molar refractivity (Wildman–Crippen MR) is 82.4 cm³/mol. The highest BCUT2D eigenvalue weighted by molar-refractivity contribution is 5.92. The number of carbonyl (C=O) groups excluding carboxylic acids is 1. The Morgan fingerprint density at radius 1 is 1.24 bits per heavy atom. The van der Waals surface area contributed by atoms with Crippen LogP contribution >= 0.6 is 0 Å². The Balaban J connectivity index is 2.16. The van der Waals surface area contributed by atoms with Crippen LogP contribution in [-0.4, -0.2) is 22.6 Å². The molecule has 21 heavy (non-hydrogen) atoms. The second kappa shape index (κ2) is 6.81. The third-order valence-corrected chi connectivity index (χ3v) is 2.95. The number of hydrogen-bond acceptors (Lipinski definition) is 5. The highest BCUT2D eigenvalue weighted by atomic mass is 16.1. The molecule has 0 spiro atoms. The van der Waals surface area contributed by atoms with Crippen LogP contribution in [-0.2, 0) is 0 Å². The fourth-order valence-electron chi connectivity index (χ4n) is 1.92. The molecular weight excluding hydrogens is 266 g/mol. The Bertz CT molecular complexity index is 610. The van der Waals surface area contributed by atoms with Crippen LogP contribution in [0.2, 0.25) is 0 Å². The predicted octanol–water partition coefficient (Wildman–Crippen LogP) is 1.99. The van der Waals surface area contributed by atoms with Gasteiger partial charge in [0.2, 0.25) is 0 Å². The van der Waals surface area contributed by atoms with Gasteiger partial charge in [-0.25, -0.2) is 0 Å². The second-order valence-corrected chi connectivity index (χ2v) is 4.66. The van der Waals surface area contributed by atoms with Crippen LogP contribution in [0.1, 0.15) is 35.9 Å². The highest BCUT2D eigenvalue weighted by Crippen LogP contribution is 2.23. The van der Waals surface area contributed by atoms with Crippen molar-refractivity contribution < 1.29 is 4.79 Å². The van der Waals surface area contributed by atoms with Crippen molar-refractivity contribution in [1.82, 2.24) is 15.5 Å². The minimum atomic E-state index is -0.229. The lowest BCUT2D eigenvalue weighted by molar-refractivity contribution is 0.0950. The second-order valence-electron chi connectivity index (χ2n) is 4.66. The van der Waals surface area contributed by atoms with Gasteiger partial charge in [-0.2, -0.15) is 0 Å². The van der Waals surface area contributed by atoms with E-state index in [9.17, 15) is 4.79 Å². The average molecular weight is 285 g/mol. The smallest absolute Gasteiger partial charge is 0.271 e. The molecule has 0 aliphatic carbocycles. The topological polar surface area (TPSA) is 92.9 Å². The molecule has 6 nitrogen and oxygen atoms in total. The van der Waals surface area contributed by atoms with Gasteiger partial charge in [0, 0.05) is 18.3 Å². The van der Waals surface area contributed by atoms with Crippen molar-refractivity contribution in [2.45, 2.75) is 19.9 Å². The highest BCUT2D eigenvalue weighted by Gasteiger charge is 2.09. The summed E-state index contributed by atoms with van der Waals surface area (Å²) in [6.07, 6.45) is 0. The minimum Gasteiger partial charge on any atom is -0.351 e. The number of nitrogens with one attached hydrogen (secondary N) is 2. The minimum absolute atomic E-state index is 0.0868. The summed E-state index contributed by atoms with van der Waals surface area (Å²) in [5.41, 5.74) is 8.11. The van der Waals surface area contributed by atoms with Gasteiger partial charge in [0.15, 0.2) is 11.5 Å². The van der Waals surface area contributed by atoms with Gasteiger partial charge in [-0.15, -0.1) is 10.2 Å². The molecule has 0 bridgehead atoms. The summed E-state index contributed by atoms with van der Waals surface area (Å²) in [6, 6.07) is 11.0. The number of carbonyl (C=O) groups is 1. The van der Waals surface area contributed by atoms with E-state index in [1.165, 1.54) is 0 Å². The van der Waals surface area contributed by atoms with E-state index in [2.05, 4.69) is 20.8 Å². The number of aromatic nitrogens is 2. The fourth-order valence-corrected chi connectivity index (χ4v) is 1.92. The summed E-state index contributed by atoms with van der Waals surface area (Å²) in [6.45, 7) is 4.33. The largest absolute Gasteiger partial charge is 0.351 e. The quantitative estimate of drug-likeness (QED) is 0.781. The molecule has 1 aromatic carbocycles. The number of amides is 1. The molecule has 0 radical (unpaired) electrons. The van der Waals surface area contributed by atoms with Gasteiger partial charge < -0.3 is 16.4 Å². The first-order valence-corrected chi connectivity index (χ1v) is 6.85. The van der Waals surface area contributed by atoms with E-state index >= 15 is 0 Å². The van der Waals surface area contributed by atoms with Crippen LogP contribution in [0.25, 0.3) is 0 Å². The molecule has 0 saturated carbocycles. The van der Waals surface area contributed by atoms with Crippen LogP contribution in [0.4, 0.5) is 11.5 Å². The molecule has 1 amide bonds. The van der Waals surface area contributed by atoms with Gasteiger partial charge in [0.05, 0.1) is 0 Å². The first-order valence-electron chi connectivity index (χ1n) is 6.85. The van der Waals surface area contributed by atoms with E-state index < -0.39 is 0 Å². The van der Waals surface area contributed by atoms with Gasteiger partial charge in [0.25, 0.3) is 5.91 Å². The summed E-state index contributed by atoms with van der Waals surface area (Å²) >= 11 is 0. The molecule has 110 valence electrons. The van der Waals surface area contributed by atoms with Crippen LogP contribution in [0.5, 0.6) is 0 Å². The van der Waals surface area contributed by atoms with Crippen molar-refractivity contribution in [3.63, 3.8) is 0 Å². The standard InChI is InChI=1S/C15H19N5O/c1-3-17-15(21)13-8-9-14(20-19-13)18-12-7-5-4-6-11(12)10(2)16/h4-10H,3,16H2,1-2H3,(H,17,21)(H,18,20). The van der Waals surface area contributed by atoms with Gasteiger partial charge >= 0.3 is 0 Å². The van der Waals surface area contributed by atoms with E-state index in [0.29, 0.717) is 18.1 Å². The zero-order valence-corrected chi connectivity index (χ0v) is 12.1. The van der Waals surface area contributed by atoms with Gasteiger partial charge in [-0.05, 0) is 37.6 Å². The number of nitrogens with zero attached hydrogens (tertiary/aromatic N) is 2. The van der Waals surface area contributed by atoms with E-state index in [0.717, 1.165) is 11.3 Å². The third-order valence-electron chi connectivity index (χ3n) is 2.95. The molecule has 1 heterocycles. The number of benzene rings is 1. The first-order chi connectivity index (χ1) is 10.1. The molecule has 1 unspecified atom stereocenters. The van der Waals surface area contributed by atoms with Crippen molar-refractivity contribution in [2.24, 2.45) is 5.73 Å². The summed E-state index contributed by atoms with van der Waals surface area (Å²) in [7, 11) is 0. The summed E-state index contributed by atoms with van der Waals surface area (Å²) in [4.78, 5) is 11.6. The Morgan fingerprint density at radius 2 is 2.00 bits per heavy atom. The van der Waals surface area contributed by atoms with Gasteiger partial charge in [-0.1, -0.05) is 18.2 Å². The maximum atomic E-state index is 11.6. The monoisotopic (exact) mass is 285 g/mol. The van der Waals surface area contributed by atoms with Crippen molar-refractivity contribution in [3.8, 4) is 0 Å². The maximum absolute atomic E-state index is 11.6. The lowest BCUT2D eigenvalue weighted by Crippen LogP contribution is -2.24. The maximum Gasteiger partial charge on any atom is 0.271 e. The number of para-hydroxylation sites is 1. The van der Waals surface area contributed by atoms with Crippen LogP contribution in [0.15, 0.2) is 36.4 Å². The van der Waals surface area contributed by atoms with Gasteiger partial charge in [-0.3, -0.25) is 4.79 Å². The lowest BCUT2D eigenvalue weighted by atomic mass is 10.1. The van der Waals surface area contributed by atoms with Crippen LogP contribution < -0.4 is 16.4 Å². The van der Waals surface area contributed by atoms with Crippen LogP contribution in [0, 0.1) is 0 Å². The molecule has 6 heteroatoms. The molecule has 0 aliphatic rings. The molecule has 0 saturated heterocycles. The summed E-state index contributed by atoms with van der Waals surface area (Å²) < 4.78 is 0. The molecule has 2 rings (SSSR count). The normalized spacial score (nSPS) is 11.8. The molecule has 2 aromatic rings. The van der Waals surface area contributed by atoms with Crippen molar-refractivity contribution in [2.75, 3.05) is 11.9 Å². The molecule has 0 fully saturated rings. The molecule has 1 aromatic heterocycles. The van der Waals surface area contributed by atoms with E-state index in [1.807, 2.05) is 38.1 Å². The molecule has 4 N–H and O–H groups in total. The van der Waals surface area contributed by atoms with Crippen LogP contribution in [0.3, 0.4) is 0 Å². The summed E-state index contributed by atoms with van der Waals surface area (Å²) in [5, 5.41) is 13.8. The molecule has 0 aliphatic heterocycles. The zero-order chi connectivity index (χ0) is 15.2. The first kappa shape index (κ1) is 14.9. The third kappa shape index (κ3) is 3.76. The SMILES string of the molecule is CCNC(=O)c1ccc(Nc2ccccc2C(C)N)nn1. The lowest BCUT2D eigenvalue weighted by Gasteiger charge is -2.13. The Labute approximate surface area is 123 Å². The molecule has 1 atom stereocenters.